The summed E-state index contributed by atoms with van der Waals surface area (Å²) in [5.41, 5.74) is 0. The summed E-state index contributed by atoms with van der Waals surface area (Å²) in [6.07, 6.45) is 50.2. The summed E-state index contributed by atoms with van der Waals surface area (Å²) in [5, 5.41) is 10.6. The van der Waals surface area contributed by atoms with E-state index in [-0.39, 0.29) is 25.7 Å². The summed E-state index contributed by atoms with van der Waals surface area (Å²) in [6.45, 7) is 7.18. The topological polar surface area (TPSA) is 237 Å². The number of hydrogen-bond acceptors (Lipinski definition) is 15. The van der Waals surface area contributed by atoms with E-state index in [2.05, 4.69) is 34.6 Å². The van der Waals surface area contributed by atoms with E-state index >= 15 is 0 Å². The van der Waals surface area contributed by atoms with Crippen molar-refractivity contribution in [3.05, 3.63) is 0 Å². The third-order valence-corrected chi connectivity index (χ3v) is 18.2. The molecule has 0 saturated carbocycles. The molecule has 89 heavy (non-hydrogen) atoms. The normalized spacial score (nSPS) is 14.1. The van der Waals surface area contributed by atoms with Crippen molar-refractivity contribution < 1.29 is 80.2 Å². The number of aliphatic hydroxyl groups excluding tert-OH is 1. The second kappa shape index (κ2) is 63.5. The van der Waals surface area contributed by atoms with E-state index in [1.807, 2.05) is 0 Å². The highest BCUT2D eigenvalue weighted by Crippen LogP contribution is 2.45. The maximum Gasteiger partial charge on any atom is 0.472 e. The molecule has 17 nitrogen and oxygen atoms in total. The van der Waals surface area contributed by atoms with Gasteiger partial charge in [-0.2, -0.15) is 0 Å². The lowest BCUT2D eigenvalue weighted by atomic mass is 10.0. The maximum atomic E-state index is 13.0. The van der Waals surface area contributed by atoms with Crippen molar-refractivity contribution in [3.8, 4) is 0 Å². The average molecular weight is 1310 g/mol. The van der Waals surface area contributed by atoms with Gasteiger partial charge in [0.25, 0.3) is 0 Å². The van der Waals surface area contributed by atoms with Crippen LogP contribution in [-0.4, -0.2) is 96.7 Å². The Balaban J connectivity index is 5.16. The van der Waals surface area contributed by atoms with Crippen LogP contribution in [-0.2, 0) is 65.4 Å². The first kappa shape index (κ1) is 87.1. The molecule has 0 amide bonds. The second-order valence-corrected chi connectivity index (χ2v) is 28.7. The van der Waals surface area contributed by atoms with Crippen LogP contribution in [0, 0.1) is 5.92 Å². The maximum absolute atomic E-state index is 13.0. The Hall–Kier alpha value is -1.94. The van der Waals surface area contributed by atoms with Gasteiger partial charge in [0.1, 0.15) is 19.3 Å². The number of carbonyl (C=O) groups excluding carboxylic acids is 4. The van der Waals surface area contributed by atoms with Crippen LogP contribution in [0.15, 0.2) is 0 Å². The Morgan fingerprint density at radius 1 is 0.303 bits per heavy atom. The highest BCUT2D eigenvalue weighted by molar-refractivity contribution is 7.47. The molecule has 0 saturated heterocycles. The number of carbonyl (C=O) groups is 4. The number of aliphatic hydroxyl groups is 1. The number of phosphoric ester groups is 2. The molecule has 19 heteroatoms. The summed E-state index contributed by atoms with van der Waals surface area (Å²) in [7, 11) is -9.89. The monoisotopic (exact) mass is 1310 g/mol. The molecular weight excluding hydrogens is 1170 g/mol. The molecule has 0 spiro atoms. The van der Waals surface area contributed by atoms with Gasteiger partial charge in [0.15, 0.2) is 12.2 Å². The Bertz CT molecular complexity index is 1720. The van der Waals surface area contributed by atoms with Gasteiger partial charge in [0, 0.05) is 25.7 Å². The fraction of sp³-hybridized carbons (Fsp3) is 0.943. The van der Waals surface area contributed by atoms with Crippen LogP contribution in [0.4, 0.5) is 0 Å². The zero-order chi connectivity index (χ0) is 65.6. The van der Waals surface area contributed by atoms with E-state index in [4.69, 9.17) is 37.0 Å². The van der Waals surface area contributed by atoms with Gasteiger partial charge in [-0.25, -0.2) is 9.13 Å². The highest BCUT2D eigenvalue weighted by atomic mass is 31.2. The van der Waals surface area contributed by atoms with Crippen LogP contribution >= 0.6 is 15.6 Å². The fourth-order valence-electron chi connectivity index (χ4n) is 10.6. The molecule has 528 valence electrons. The predicted molar refractivity (Wildman–Crippen MR) is 358 cm³/mol. The van der Waals surface area contributed by atoms with Gasteiger partial charge in [0.05, 0.1) is 26.4 Å². The Labute approximate surface area is 543 Å². The Morgan fingerprint density at radius 3 is 0.764 bits per heavy atom. The van der Waals surface area contributed by atoms with Crippen LogP contribution in [0.2, 0.25) is 0 Å². The summed E-state index contributed by atoms with van der Waals surface area (Å²) < 4.78 is 68.1. The van der Waals surface area contributed by atoms with E-state index in [0.717, 1.165) is 102 Å². The van der Waals surface area contributed by atoms with Gasteiger partial charge in [-0.1, -0.05) is 311 Å². The lowest BCUT2D eigenvalue weighted by Gasteiger charge is -2.21. The number of unbranched alkanes of at least 4 members (excludes halogenated alkanes) is 42. The lowest BCUT2D eigenvalue weighted by Crippen LogP contribution is -2.30. The molecule has 3 N–H and O–H groups in total. The van der Waals surface area contributed by atoms with Crippen LogP contribution in [0.5, 0.6) is 0 Å². The average Bonchev–Trinajstić information content (AvgIpc) is 3.68. The standard InChI is InChI=1S/C70H136O17P2/c1-6-9-12-15-17-19-21-23-24-25-28-32-35-39-44-49-54-68(73)81-60-66(87-70(75)56-51-46-41-37-33-29-26-27-30-34-38-43-47-52-63(4)5)62-85-89(78,79)83-58-64(71)57-82-88(76,77)84-61-65(59-80-67(72)53-48-42-14-11-8-3)86-69(74)55-50-45-40-36-31-22-20-18-16-13-10-7-2/h63-66,71H,6-62H2,1-5H3,(H,76,77)(H,78,79)/t64-,65+,66+/m0/s1. The molecule has 0 radical (unpaired) electrons. The van der Waals surface area contributed by atoms with Crippen molar-refractivity contribution >= 4 is 39.5 Å². The summed E-state index contributed by atoms with van der Waals surface area (Å²) >= 11 is 0. The number of hydrogen-bond donors (Lipinski definition) is 3. The van der Waals surface area contributed by atoms with Crippen molar-refractivity contribution in [1.29, 1.82) is 0 Å². The van der Waals surface area contributed by atoms with Gasteiger partial charge in [-0.3, -0.25) is 37.3 Å². The molecule has 0 fully saturated rings. The lowest BCUT2D eigenvalue weighted by molar-refractivity contribution is -0.161. The Morgan fingerprint density at radius 2 is 0.517 bits per heavy atom. The van der Waals surface area contributed by atoms with Gasteiger partial charge in [-0.05, 0) is 31.6 Å². The number of phosphoric acid groups is 2. The number of esters is 4. The molecule has 0 aromatic rings. The molecule has 0 heterocycles. The molecule has 2 unspecified atom stereocenters. The minimum atomic E-state index is -4.95. The minimum absolute atomic E-state index is 0.107. The van der Waals surface area contributed by atoms with Gasteiger partial charge >= 0.3 is 39.5 Å². The van der Waals surface area contributed by atoms with Crippen molar-refractivity contribution in [1.82, 2.24) is 0 Å². The van der Waals surface area contributed by atoms with Crippen molar-refractivity contribution in [2.75, 3.05) is 39.6 Å². The van der Waals surface area contributed by atoms with Crippen molar-refractivity contribution in [2.45, 2.75) is 380 Å². The van der Waals surface area contributed by atoms with E-state index in [9.17, 15) is 43.2 Å². The first-order chi connectivity index (χ1) is 43.0. The zero-order valence-electron chi connectivity index (χ0n) is 57.6. The van der Waals surface area contributed by atoms with E-state index < -0.39 is 97.5 Å². The zero-order valence-corrected chi connectivity index (χ0v) is 59.4. The third-order valence-electron chi connectivity index (χ3n) is 16.3. The minimum Gasteiger partial charge on any atom is -0.462 e. The third kappa shape index (κ3) is 64.6. The quantitative estimate of drug-likeness (QED) is 0.0222. The number of rotatable bonds is 70. The summed E-state index contributed by atoms with van der Waals surface area (Å²) in [4.78, 5) is 72.3. The summed E-state index contributed by atoms with van der Waals surface area (Å²) in [6, 6.07) is 0. The van der Waals surface area contributed by atoms with Gasteiger partial charge < -0.3 is 33.8 Å². The van der Waals surface area contributed by atoms with Crippen LogP contribution in [0.3, 0.4) is 0 Å². The molecule has 0 aliphatic carbocycles. The highest BCUT2D eigenvalue weighted by Gasteiger charge is 2.30. The molecular formula is C70H136O17P2. The summed E-state index contributed by atoms with van der Waals surface area (Å²) in [5.74, 6) is -1.35. The molecule has 0 aliphatic rings. The number of ether oxygens (including phenoxy) is 4. The van der Waals surface area contributed by atoms with E-state index in [1.54, 1.807) is 0 Å². The second-order valence-electron chi connectivity index (χ2n) is 25.7. The van der Waals surface area contributed by atoms with Gasteiger partial charge in [0.2, 0.25) is 0 Å². The molecule has 0 bridgehead atoms. The predicted octanol–water partition coefficient (Wildman–Crippen LogP) is 20.1. The molecule has 0 aromatic heterocycles. The molecule has 0 aromatic carbocycles. The van der Waals surface area contributed by atoms with Gasteiger partial charge in [-0.15, -0.1) is 0 Å². The molecule has 0 aliphatic heterocycles. The molecule has 5 atom stereocenters. The fourth-order valence-corrected chi connectivity index (χ4v) is 12.2. The van der Waals surface area contributed by atoms with E-state index in [1.165, 1.54) is 180 Å². The van der Waals surface area contributed by atoms with E-state index in [0.29, 0.717) is 25.7 Å². The first-order valence-electron chi connectivity index (χ1n) is 36.6. The van der Waals surface area contributed by atoms with Crippen molar-refractivity contribution in [2.24, 2.45) is 5.92 Å². The van der Waals surface area contributed by atoms with Crippen LogP contribution in [0.25, 0.3) is 0 Å². The Kier molecular flexibility index (Phi) is 62.1. The van der Waals surface area contributed by atoms with Crippen molar-refractivity contribution in [3.63, 3.8) is 0 Å². The SMILES string of the molecule is CCCCCCCCCCCCCCCCCCC(=O)OC[C@H](COP(=O)(O)OC[C@@H](O)COP(=O)(O)OC[C@@H](COC(=O)CCCCCCC)OC(=O)CCCCCCCCCCCCCC)OC(=O)CCCCCCCCCCCCCCCC(C)C. The molecule has 0 rings (SSSR count). The first-order valence-corrected chi connectivity index (χ1v) is 39.6. The smallest absolute Gasteiger partial charge is 0.462 e. The largest absolute Gasteiger partial charge is 0.472 e. The van der Waals surface area contributed by atoms with Crippen LogP contribution < -0.4 is 0 Å². The van der Waals surface area contributed by atoms with Crippen LogP contribution in [0.1, 0.15) is 362 Å².